The van der Waals surface area contributed by atoms with Crippen molar-refractivity contribution in [1.29, 1.82) is 5.26 Å². The minimum absolute atomic E-state index is 0.241. The second-order valence-electron chi connectivity index (χ2n) is 2.60. The lowest BCUT2D eigenvalue weighted by Gasteiger charge is -2.12. The van der Waals surface area contributed by atoms with E-state index in [1.807, 2.05) is 18.2 Å². The topological polar surface area (TPSA) is 49.8 Å². The van der Waals surface area contributed by atoms with Crippen molar-refractivity contribution in [2.75, 3.05) is 0 Å². The molecular formula is C9H8Br2N2. The molecule has 0 bridgehead atoms. The Morgan fingerprint density at radius 3 is 2.38 bits per heavy atom. The van der Waals surface area contributed by atoms with Gasteiger partial charge < -0.3 is 5.73 Å². The van der Waals surface area contributed by atoms with E-state index in [9.17, 15) is 0 Å². The first-order valence-corrected chi connectivity index (χ1v) is 5.32. The Hall–Kier alpha value is -0.370. The third-order valence-corrected chi connectivity index (χ3v) is 3.06. The van der Waals surface area contributed by atoms with Crippen LogP contribution in [0.2, 0.25) is 0 Å². The lowest BCUT2D eigenvalue weighted by molar-refractivity contribution is 0.740. The molecule has 0 heterocycles. The zero-order chi connectivity index (χ0) is 9.84. The van der Waals surface area contributed by atoms with Crippen LogP contribution in [-0.2, 0) is 0 Å². The quantitative estimate of drug-likeness (QED) is 0.912. The summed E-state index contributed by atoms with van der Waals surface area (Å²) in [4.78, 5) is 0. The van der Waals surface area contributed by atoms with Gasteiger partial charge in [-0.2, -0.15) is 5.26 Å². The van der Waals surface area contributed by atoms with Crippen LogP contribution in [0.3, 0.4) is 0 Å². The van der Waals surface area contributed by atoms with E-state index in [1.165, 1.54) is 0 Å². The summed E-state index contributed by atoms with van der Waals surface area (Å²) in [5.74, 6) is 0. The molecule has 1 aromatic rings. The van der Waals surface area contributed by atoms with Gasteiger partial charge in [-0.25, -0.2) is 0 Å². The van der Waals surface area contributed by atoms with Crippen LogP contribution in [0, 0.1) is 11.3 Å². The van der Waals surface area contributed by atoms with Crippen LogP contribution in [0.25, 0.3) is 0 Å². The summed E-state index contributed by atoms with van der Waals surface area (Å²) in [7, 11) is 0. The third-order valence-electron chi connectivity index (χ3n) is 1.68. The largest absolute Gasteiger partial charge is 0.323 e. The molecule has 0 radical (unpaired) electrons. The molecule has 0 aromatic heterocycles. The van der Waals surface area contributed by atoms with Gasteiger partial charge in [0, 0.05) is 15.0 Å². The van der Waals surface area contributed by atoms with Crippen molar-refractivity contribution in [3.05, 3.63) is 32.7 Å². The fraction of sp³-hybridized carbons (Fsp3) is 0.222. The molecular weight excluding hydrogens is 296 g/mol. The Bertz CT molecular complexity index is 324. The number of benzene rings is 1. The van der Waals surface area contributed by atoms with Crippen LogP contribution < -0.4 is 5.73 Å². The number of nitrogens with zero attached hydrogens (tertiary/aromatic N) is 1. The SMILES string of the molecule is N#CCC(N)c1c(Br)cccc1Br. The number of nitrogens with two attached hydrogens (primary N) is 1. The lowest BCUT2D eigenvalue weighted by Crippen LogP contribution is -2.10. The molecule has 1 aromatic carbocycles. The normalized spacial score (nSPS) is 12.2. The summed E-state index contributed by atoms with van der Waals surface area (Å²) in [6.45, 7) is 0. The number of hydrogen-bond donors (Lipinski definition) is 1. The van der Waals surface area contributed by atoms with Crippen LogP contribution in [0.1, 0.15) is 18.0 Å². The van der Waals surface area contributed by atoms with Crippen molar-refractivity contribution in [3.8, 4) is 6.07 Å². The molecule has 68 valence electrons. The minimum atomic E-state index is -0.241. The molecule has 1 atom stereocenters. The average Bonchev–Trinajstić information content (AvgIpc) is 2.04. The highest BCUT2D eigenvalue weighted by atomic mass is 79.9. The first-order chi connectivity index (χ1) is 6.16. The average molecular weight is 304 g/mol. The van der Waals surface area contributed by atoms with Gasteiger partial charge in [-0.3, -0.25) is 0 Å². The van der Waals surface area contributed by atoms with E-state index >= 15 is 0 Å². The van der Waals surface area contributed by atoms with E-state index in [1.54, 1.807) is 0 Å². The Morgan fingerprint density at radius 2 is 1.92 bits per heavy atom. The molecule has 0 spiro atoms. The van der Waals surface area contributed by atoms with Gasteiger partial charge in [0.1, 0.15) is 0 Å². The van der Waals surface area contributed by atoms with Crippen molar-refractivity contribution < 1.29 is 0 Å². The lowest BCUT2D eigenvalue weighted by atomic mass is 10.1. The number of nitriles is 1. The van der Waals surface area contributed by atoms with E-state index in [-0.39, 0.29) is 6.04 Å². The molecule has 2 N–H and O–H groups in total. The zero-order valence-electron chi connectivity index (χ0n) is 6.80. The van der Waals surface area contributed by atoms with E-state index in [0.717, 1.165) is 14.5 Å². The van der Waals surface area contributed by atoms with E-state index in [4.69, 9.17) is 11.0 Å². The summed E-state index contributed by atoms with van der Waals surface area (Å²) in [6.07, 6.45) is 0.321. The first-order valence-electron chi connectivity index (χ1n) is 3.73. The van der Waals surface area contributed by atoms with Gasteiger partial charge in [-0.15, -0.1) is 0 Å². The van der Waals surface area contributed by atoms with Crippen LogP contribution in [0.5, 0.6) is 0 Å². The molecule has 13 heavy (non-hydrogen) atoms. The Morgan fingerprint density at radius 1 is 1.38 bits per heavy atom. The predicted molar refractivity (Wildman–Crippen MR) is 59.0 cm³/mol. The minimum Gasteiger partial charge on any atom is -0.323 e. The first kappa shape index (κ1) is 10.7. The van der Waals surface area contributed by atoms with Crippen molar-refractivity contribution >= 4 is 31.9 Å². The van der Waals surface area contributed by atoms with Gasteiger partial charge >= 0.3 is 0 Å². The Balaban J connectivity index is 3.06. The van der Waals surface area contributed by atoms with Crippen molar-refractivity contribution in [3.63, 3.8) is 0 Å². The summed E-state index contributed by atoms with van der Waals surface area (Å²) in [6, 6.07) is 7.55. The highest BCUT2D eigenvalue weighted by molar-refractivity contribution is 9.11. The summed E-state index contributed by atoms with van der Waals surface area (Å²) in [5, 5.41) is 8.52. The maximum atomic E-state index is 8.52. The summed E-state index contributed by atoms with van der Waals surface area (Å²) >= 11 is 6.80. The van der Waals surface area contributed by atoms with E-state index < -0.39 is 0 Å². The smallest absolute Gasteiger partial charge is 0.0641 e. The second kappa shape index (κ2) is 4.75. The molecule has 2 nitrogen and oxygen atoms in total. The van der Waals surface area contributed by atoms with Gasteiger partial charge in [0.25, 0.3) is 0 Å². The Labute approximate surface area is 94.0 Å². The number of halogens is 2. The third kappa shape index (κ3) is 2.53. The van der Waals surface area contributed by atoms with Gasteiger partial charge in [-0.05, 0) is 17.7 Å². The molecule has 0 fully saturated rings. The molecule has 4 heteroatoms. The van der Waals surface area contributed by atoms with Crippen molar-refractivity contribution in [2.45, 2.75) is 12.5 Å². The van der Waals surface area contributed by atoms with E-state index in [0.29, 0.717) is 6.42 Å². The van der Waals surface area contributed by atoms with Crippen LogP contribution in [-0.4, -0.2) is 0 Å². The maximum absolute atomic E-state index is 8.52. The zero-order valence-corrected chi connectivity index (χ0v) is 9.97. The highest BCUT2D eigenvalue weighted by Gasteiger charge is 2.12. The fourth-order valence-corrected chi connectivity index (χ4v) is 2.65. The van der Waals surface area contributed by atoms with Gasteiger partial charge in [0.15, 0.2) is 0 Å². The summed E-state index contributed by atoms with van der Waals surface area (Å²) < 4.78 is 1.87. The van der Waals surface area contributed by atoms with E-state index in [2.05, 4.69) is 37.9 Å². The van der Waals surface area contributed by atoms with Crippen molar-refractivity contribution in [1.82, 2.24) is 0 Å². The van der Waals surface area contributed by atoms with Gasteiger partial charge in [0.2, 0.25) is 0 Å². The molecule has 0 aliphatic heterocycles. The monoisotopic (exact) mass is 302 g/mol. The maximum Gasteiger partial charge on any atom is 0.0641 e. The van der Waals surface area contributed by atoms with Crippen LogP contribution >= 0.6 is 31.9 Å². The van der Waals surface area contributed by atoms with Gasteiger partial charge in [0.05, 0.1) is 12.5 Å². The summed E-state index contributed by atoms with van der Waals surface area (Å²) in [5.41, 5.74) is 6.77. The molecule has 1 rings (SSSR count). The number of hydrogen-bond acceptors (Lipinski definition) is 2. The molecule has 0 aliphatic rings. The second-order valence-corrected chi connectivity index (χ2v) is 4.31. The fourth-order valence-electron chi connectivity index (χ4n) is 1.07. The molecule has 0 aliphatic carbocycles. The highest BCUT2D eigenvalue weighted by Crippen LogP contribution is 2.30. The standard InChI is InChI=1S/C9H8Br2N2/c10-6-2-1-3-7(11)9(6)8(13)4-5-12/h1-3,8H,4,13H2. The van der Waals surface area contributed by atoms with Crippen LogP contribution in [0.15, 0.2) is 27.1 Å². The predicted octanol–water partition coefficient (Wildman–Crippen LogP) is 3.13. The molecule has 0 amide bonds. The molecule has 1 unspecified atom stereocenters. The molecule has 0 saturated heterocycles. The Kier molecular flexibility index (Phi) is 3.91. The van der Waals surface area contributed by atoms with Gasteiger partial charge in [-0.1, -0.05) is 37.9 Å². The molecule has 0 saturated carbocycles. The van der Waals surface area contributed by atoms with Crippen LogP contribution in [0.4, 0.5) is 0 Å². The number of rotatable bonds is 2. The van der Waals surface area contributed by atoms with Crippen molar-refractivity contribution in [2.24, 2.45) is 5.73 Å².